The molecule has 0 spiro atoms. The summed E-state index contributed by atoms with van der Waals surface area (Å²) in [6.07, 6.45) is -6.75. The number of aliphatic hydroxyl groups excluding tert-OH is 5. The lowest BCUT2D eigenvalue weighted by molar-refractivity contribution is -0.139. The number of aliphatic hydroxyl groups is 5. The van der Waals surface area contributed by atoms with E-state index in [1.807, 2.05) is 12.1 Å². The van der Waals surface area contributed by atoms with E-state index in [1.54, 1.807) is 24.3 Å². The van der Waals surface area contributed by atoms with Crippen molar-refractivity contribution < 1.29 is 39.5 Å². The van der Waals surface area contributed by atoms with Gasteiger partial charge in [0, 0.05) is 25.0 Å². The molecule has 3 aromatic rings. The van der Waals surface area contributed by atoms with Gasteiger partial charge in [0.05, 0.1) is 12.0 Å². The van der Waals surface area contributed by atoms with E-state index in [9.17, 15) is 30.0 Å². The van der Waals surface area contributed by atoms with Gasteiger partial charge >= 0.3 is 5.63 Å². The first kappa shape index (κ1) is 23.6. The fourth-order valence-electron chi connectivity index (χ4n) is 3.26. The van der Waals surface area contributed by atoms with Gasteiger partial charge in [0.1, 0.15) is 35.7 Å². The maximum atomic E-state index is 12.3. The van der Waals surface area contributed by atoms with Crippen molar-refractivity contribution in [2.24, 2.45) is 0 Å². The second-order valence-electron chi connectivity index (χ2n) is 7.45. The average molecular weight is 447 g/mol. The van der Waals surface area contributed by atoms with Gasteiger partial charge in [-0.05, 0) is 23.6 Å². The minimum absolute atomic E-state index is 0.291. The van der Waals surface area contributed by atoms with Crippen molar-refractivity contribution in [1.82, 2.24) is 4.90 Å². The third-order valence-corrected chi connectivity index (χ3v) is 5.17. The molecule has 4 atom stereocenters. The Balaban J connectivity index is 1.64. The first-order valence-electron chi connectivity index (χ1n) is 9.88. The van der Waals surface area contributed by atoms with E-state index in [0.29, 0.717) is 16.7 Å². The number of carbonyl (C=O) groups excluding carboxylic acids is 1. The number of ether oxygens (including phenoxy) is 1. The van der Waals surface area contributed by atoms with Crippen molar-refractivity contribution >= 4 is 27.6 Å². The van der Waals surface area contributed by atoms with Gasteiger partial charge in [0.2, 0.25) is 0 Å². The molecule has 2 aromatic carbocycles. The highest BCUT2D eigenvalue weighted by Crippen LogP contribution is 2.26. The van der Waals surface area contributed by atoms with Crippen LogP contribution in [-0.2, 0) is 4.79 Å². The molecule has 0 radical (unpaired) electrons. The number of hydrogen-bond acceptors (Lipinski definition) is 9. The normalized spacial score (nSPS) is 15.3. The summed E-state index contributed by atoms with van der Waals surface area (Å²) in [5.74, 6) is -0.242. The molecule has 32 heavy (non-hydrogen) atoms. The molecule has 1 heterocycles. The Morgan fingerprint density at radius 1 is 1.00 bits per heavy atom. The van der Waals surface area contributed by atoms with Crippen LogP contribution in [0.25, 0.3) is 21.7 Å². The quantitative estimate of drug-likeness (QED) is 0.209. The summed E-state index contributed by atoms with van der Waals surface area (Å²) in [5.41, 5.74) is -0.177. The van der Waals surface area contributed by atoms with Crippen LogP contribution in [-0.4, -0.2) is 87.6 Å². The monoisotopic (exact) mass is 447 g/mol. The molecule has 172 valence electrons. The minimum atomic E-state index is -1.78. The number of amides is 1. The van der Waals surface area contributed by atoms with Gasteiger partial charge in [-0.3, -0.25) is 4.79 Å². The summed E-state index contributed by atoms with van der Waals surface area (Å²) in [4.78, 5) is 25.6. The molecule has 1 aromatic heterocycles. The summed E-state index contributed by atoms with van der Waals surface area (Å²) >= 11 is 0. The van der Waals surface area contributed by atoms with E-state index in [2.05, 4.69) is 0 Å². The summed E-state index contributed by atoms with van der Waals surface area (Å²) in [7, 11) is 1.36. The van der Waals surface area contributed by atoms with Gasteiger partial charge in [-0.1, -0.05) is 18.2 Å². The van der Waals surface area contributed by atoms with Gasteiger partial charge in [0.25, 0.3) is 5.91 Å². The second-order valence-corrected chi connectivity index (χ2v) is 7.45. The maximum absolute atomic E-state index is 12.3. The summed E-state index contributed by atoms with van der Waals surface area (Å²) in [6, 6.07) is 11.9. The molecule has 3 rings (SSSR count). The third-order valence-electron chi connectivity index (χ3n) is 5.17. The van der Waals surface area contributed by atoms with Crippen LogP contribution < -0.4 is 10.4 Å². The molecule has 10 nitrogen and oxygen atoms in total. The third kappa shape index (κ3) is 5.06. The lowest BCUT2D eigenvalue weighted by Gasteiger charge is -2.28. The number of fused-ring (bicyclic) bond motifs is 3. The van der Waals surface area contributed by atoms with Crippen molar-refractivity contribution in [1.29, 1.82) is 0 Å². The predicted octanol–water partition coefficient (Wildman–Crippen LogP) is -0.781. The molecular weight excluding hydrogens is 422 g/mol. The molecule has 0 saturated carbocycles. The van der Waals surface area contributed by atoms with Gasteiger partial charge < -0.3 is 39.6 Å². The SMILES string of the molecule is CN(C[C@@H](O)[C@H](O)[C@H](O)[C@H](O)CO)C(=O)COc1ccc2c(c1)oc(=O)c1ccccc12. The molecule has 0 bridgehead atoms. The smallest absolute Gasteiger partial charge is 0.344 e. The van der Waals surface area contributed by atoms with Crippen LogP contribution in [0.3, 0.4) is 0 Å². The minimum Gasteiger partial charge on any atom is -0.484 e. The first-order chi connectivity index (χ1) is 15.2. The van der Waals surface area contributed by atoms with Crippen molar-refractivity contribution in [2.75, 3.05) is 26.8 Å². The summed E-state index contributed by atoms with van der Waals surface area (Å²) < 4.78 is 10.8. The van der Waals surface area contributed by atoms with Crippen LogP contribution in [0.1, 0.15) is 0 Å². The fraction of sp³-hybridized carbons (Fsp3) is 0.364. The zero-order valence-electron chi connectivity index (χ0n) is 17.3. The van der Waals surface area contributed by atoms with E-state index >= 15 is 0 Å². The Morgan fingerprint density at radius 2 is 1.66 bits per heavy atom. The van der Waals surface area contributed by atoms with Crippen LogP contribution in [0, 0.1) is 0 Å². The van der Waals surface area contributed by atoms with Crippen molar-refractivity contribution in [3.63, 3.8) is 0 Å². The highest BCUT2D eigenvalue weighted by molar-refractivity contribution is 6.04. The lowest BCUT2D eigenvalue weighted by atomic mass is 10.0. The number of benzene rings is 2. The van der Waals surface area contributed by atoms with E-state index < -0.39 is 49.2 Å². The largest absolute Gasteiger partial charge is 0.484 e. The van der Waals surface area contributed by atoms with Crippen LogP contribution in [0.15, 0.2) is 51.7 Å². The van der Waals surface area contributed by atoms with Crippen molar-refractivity contribution in [3.05, 3.63) is 52.9 Å². The van der Waals surface area contributed by atoms with E-state index in [-0.39, 0.29) is 6.54 Å². The molecule has 5 N–H and O–H groups in total. The van der Waals surface area contributed by atoms with E-state index in [4.69, 9.17) is 14.3 Å². The summed E-state index contributed by atoms with van der Waals surface area (Å²) in [5, 5.41) is 49.6. The van der Waals surface area contributed by atoms with Gasteiger partial charge in [-0.2, -0.15) is 0 Å². The molecule has 0 aliphatic heterocycles. The number of hydrogen-bond donors (Lipinski definition) is 5. The summed E-state index contributed by atoms with van der Waals surface area (Å²) in [6.45, 7) is -1.54. The van der Waals surface area contributed by atoms with E-state index in [0.717, 1.165) is 15.7 Å². The molecule has 0 aliphatic rings. The highest BCUT2D eigenvalue weighted by Gasteiger charge is 2.31. The number of carbonyl (C=O) groups is 1. The Morgan fingerprint density at radius 3 is 2.34 bits per heavy atom. The number of rotatable bonds is 9. The van der Waals surface area contributed by atoms with Crippen molar-refractivity contribution in [2.45, 2.75) is 24.4 Å². The highest BCUT2D eigenvalue weighted by atomic mass is 16.5. The van der Waals surface area contributed by atoms with Gasteiger partial charge in [-0.25, -0.2) is 4.79 Å². The second kappa shape index (κ2) is 10.1. The molecule has 0 saturated heterocycles. The standard InChI is InChI=1S/C22H25NO9/c1-23(9-16(25)20(28)21(29)17(26)10-24)19(27)11-31-12-6-7-14-13-4-2-3-5-15(13)22(30)32-18(14)8-12/h2-8,16-17,20-21,24-26,28-29H,9-11H2,1H3/t16-,17-,20+,21-/m1/s1. The Labute approximate surface area is 182 Å². The van der Waals surface area contributed by atoms with Gasteiger partial charge in [0.15, 0.2) is 6.61 Å². The van der Waals surface area contributed by atoms with Crippen LogP contribution in [0.4, 0.5) is 0 Å². The van der Waals surface area contributed by atoms with Gasteiger partial charge in [-0.15, -0.1) is 0 Å². The zero-order chi connectivity index (χ0) is 23.4. The van der Waals surface area contributed by atoms with Crippen LogP contribution in [0.2, 0.25) is 0 Å². The fourth-order valence-corrected chi connectivity index (χ4v) is 3.26. The molecule has 0 aliphatic carbocycles. The Kier molecular flexibility index (Phi) is 7.44. The van der Waals surface area contributed by atoms with E-state index in [1.165, 1.54) is 13.1 Å². The molecule has 1 amide bonds. The molecular formula is C22H25NO9. The molecule has 0 fully saturated rings. The van der Waals surface area contributed by atoms with Crippen molar-refractivity contribution in [3.8, 4) is 5.75 Å². The lowest BCUT2D eigenvalue weighted by Crippen LogP contribution is -2.50. The first-order valence-corrected chi connectivity index (χ1v) is 9.88. The topological polar surface area (TPSA) is 161 Å². The van der Waals surface area contributed by atoms with Crippen LogP contribution in [0.5, 0.6) is 5.75 Å². The zero-order valence-corrected chi connectivity index (χ0v) is 17.3. The maximum Gasteiger partial charge on any atom is 0.344 e. The Bertz CT molecular complexity index is 1150. The Hall–Kier alpha value is -3.02. The number of likely N-dealkylation sites (N-methyl/N-ethyl adjacent to an activating group) is 1. The molecule has 0 unspecified atom stereocenters. The molecule has 10 heteroatoms. The average Bonchev–Trinajstić information content (AvgIpc) is 2.80. The predicted molar refractivity (Wildman–Crippen MR) is 114 cm³/mol. The number of nitrogens with zero attached hydrogens (tertiary/aromatic N) is 1. The van der Waals surface area contributed by atoms with Crippen LogP contribution >= 0.6 is 0 Å².